The number of hydrogen-bond donors (Lipinski definition) is 6. The number of Topliss-reactive ketones (excluding diaryl/α,β-unsaturated/α-hetero) is 1. The average molecular weight is 544 g/mol. The molecule has 208 valence electrons. The Morgan fingerprint density at radius 1 is 1.15 bits per heavy atom. The van der Waals surface area contributed by atoms with Gasteiger partial charge in [0.1, 0.15) is 29.5 Å². The van der Waals surface area contributed by atoms with Crippen molar-refractivity contribution in [2.75, 3.05) is 13.7 Å². The molecule has 0 bridgehead atoms. The largest absolute Gasteiger partial charge is 0.507 e. The number of aliphatic hydroxyl groups excluding tert-OH is 2. The number of nitrogens with two attached hydrogens (primary N) is 1. The van der Waals surface area contributed by atoms with E-state index in [0.717, 1.165) is 0 Å². The van der Waals surface area contributed by atoms with Crippen LogP contribution in [-0.4, -0.2) is 86.7 Å². The molecule has 1 fully saturated rings. The summed E-state index contributed by atoms with van der Waals surface area (Å²) >= 11 is 0. The summed E-state index contributed by atoms with van der Waals surface area (Å²) in [7, 11) is 1.32. The molecule has 0 unspecified atom stereocenters. The minimum absolute atomic E-state index is 0.0173. The number of phenols is 2. The number of aliphatic hydroxyl groups is 3. The Morgan fingerprint density at radius 3 is 2.49 bits per heavy atom. The Labute approximate surface area is 222 Å². The predicted octanol–water partition coefficient (Wildman–Crippen LogP) is 0.00130. The van der Waals surface area contributed by atoms with Gasteiger partial charge in [-0.05, 0) is 13.0 Å². The van der Waals surface area contributed by atoms with Crippen LogP contribution in [0.2, 0.25) is 0 Å². The Balaban J connectivity index is 1.69. The van der Waals surface area contributed by atoms with E-state index in [1.54, 1.807) is 6.92 Å². The van der Waals surface area contributed by atoms with E-state index >= 15 is 0 Å². The van der Waals surface area contributed by atoms with Crippen LogP contribution in [0.4, 0.5) is 0 Å². The number of ether oxygens (including phenoxy) is 3. The molecule has 6 atom stereocenters. The van der Waals surface area contributed by atoms with Crippen molar-refractivity contribution in [2.45, 2.75) is 62.4 Å². The smallest absolute Gasteiger partial charge is 0.202 e. The lowest BCUT2D eigenvalue weighted by atomic mass is 9.72. The van der Waals surface area contributed by atoms with Gasteiger partial charge < -0.3 is 45.5 Å². The third kappa shape index (κ3) is 4.11. The predicted molar refractivity (Wildman–Crippen MR) is 132 cm³/mol. The average Bonchev–Trinajstić information content (AvgIpc) is 2.90. The highest BCUT2D eigenvalue weighted by molar-refractivity contribution is 6.31. The molecule has 5 rings (SSSR count). The topological polar surface area (TPSA) is 206 Å². The third-order valence-electron chi connectivity index (χ3n) is 7.81. The lowest BCUT2D eigenvalue weighted by Gasteiger charge is -2.42. The molecule has 0 amide bonds. The minimum atomic E-state index is -2.24. The molecule has 12 heteroatoms. The van der Waals surface area contributed by atoms with E-state index in [-0.39, 0.29) is 34.4 Å². The van der Waals surface area contributed by atoms with Crippen LogP contribution >= 0.6 is 0 Å². The van der Waals surface area contributed by atoms with Gasteiger partial charge in [0, 0.05) is 42.0 Å². The van der Waals surface area contributed by atoms with E-state index in [1.165, 1.54) is 25.3 Å². The summed E-state index contributed by atoms with van der Waals surface area (Å²) in [4.78, 5) is 39.7. The lowest BCUT2D eigenvalue weighted by Crippen LogP contribution is -2.53. The first kappa shape index (κ1) is 27.2. The summed E-state index contributed by atoms with van der Waals surface area (Å²) in [5.74, 6) is -3.77. The molecule has 12 nitrogen and oxygen atoms in total. The SMILES string of the molecule is COc1cccc2c1C(=O)c1c(O)c3c(c(O)c1C2=O)C[C@@](O)(C(=O)CO)C[C@@H]3O[C@H]1C[C@@H](N)[C@H](O)[C@H](C)O1. The number of hydrogen-bond acceptors (Lipinski definition) is 12. The normalized spacial score (nSPS) is 29.8. The van der Waals surface area contributed by atoms with Crippen LogP contribution in [-0.2, 0) is 20.7 Å². The molecule has 7 N–H and O–H groups in total. The molecule has 0 saturated carbocycles. The second-order valence-corrected chi connectivity index (χ2v) is 10.2. The minimum Gasteiger partial charge on any atom is -0.507 e. The molecule has 39 heavy (non-hydrogen) atoms. The van der Waals surface area contributed by atoms with E-state index in [4.69, 9.17) is 19.9 Å². The standard InChI is InChI=1S/C27H29NO11/c1-10-22(31)13(28)6-17(38-10)39-15-8-27(36,16(30)9-29)7-12-19(15)26(35)21-20(24(12)33)23(32)11-4-3-5-14(37-2)18(11)25(21)34/h3-5,10,13,15,17,22,29,31,33,35-36H,6-9,28H2,1-2H3/t10-,13+,15-,17-,22+,27-/m0/s1. The summed E-state index contributed by atoms with van der Waals surface area (Å²) in [6.07, 6.45) is -5.12. The van der Waals surface area contributed by atoms with Crippen molar-refractivity contribution in [1.29, 1.82) is 0 Å². The highest BCUT2D eigenvalue weighted by atomic mass is 16.7. The zero-order valence-corrected chi connectivity index (χ0v) is 21.2. The number of methoxy groups -OCH3 is 1. The Bertz CT molecular complexity index is 1380. The summed E-state index contributed by atoms with van der Waals surface area (Å²) in [5, 5.41) is 53.7. The molecule has 0 aromatic heterocycles. The summed E-state index contributed by atoms with van der Waals surface area (Å²) < 4.78 is 17.0. The molecule has 3 aliphatic rings. The quantitative estimate of drug-likeness (QED) is 0.235. The van der Waals surface area contributed by atoms with Crippen molar-refractivity contribution >= 4 is 17.3 Å². The van der Waals surface area contributed by atoms with E-state index in [9.17, 15) is 39.9 Å². The fourth-order valence-electron chi connectivity index (χ4n) is 5.75. The van der Waals surface area contributed by atoms with E-state index in [0.29, 0.717) is 0 Å². The lowest BCUT2D eigenvalue weighted by molar-refractivity contribution is -0.247. The van der Waals surface area contributed by atoms with Crippen LogP contribution in [0.25, 0.3) is 0 Å². The number of phenolic OH excluding ortho intramolecular Hbond substituents is 2. The van der Waals surface area contributed by atoms with Crippen molar-refractivity contribution in [3.63, 3.8) is 0 Å². The van der Waals surface area contributed by atoms with Gasteiger partial charge in [-0.2, -0.15) is 0 Å². The van der Waals surface area contributed by atoms with Crippen LogP contribution in [0.15, 0.2) is 18.2 Å². The zero-order chi connectivity index (χ0) is 28.4. The van der Waals surface area contributed by atoms with Crippen molar-refractivity contribution in [3.05, 3.63) is 51.6 Å². The number of ketones is 3. The Hall–Kier alpha value is -3.39. The van der Waals surface area contributed by atoms with Crippen molar-refractivity contribution < 1.29 is 54.1 Å². The first-order valence-corrected chi connectivity index (χ1v) is 12.4. The molecule has 1 saturated heterocycles. The fourth-order valence-corrected chi connectivity index (χ4v) is 5.75. The second-order valence-electron chi connectivity index (χ2n) is 10.2. The molecule has 1 aliphatic heterocycles. The first-order chi connectivity index (χ1) is 18.4. The van der Waals surface area contributed by atoms with Gasteiger partial charge in [-0.15, -0.1) is 0 Å². The van der Waals surface area contributed by atoms with Gasteiger partial charge in [0.15, 0.2) is 17.9 Å². The number of fused-ring (bicyclic) bond motifs is 3. The first-order valence-electron chi connectivity index (χ1n) is 12.4. The van der Waals surface area contributed by atoms with Gasteiger partial charge in [-0.25, -0.2) is 0 Å². The molecule has 2 aliphatic carbocycles. The van der Waals surface area contributed by atoms with Gasteiger partial charge in [0.2, 0.25) is 5.78 Å². The van der Waals surface area contributed by atoms with E-state index in [2.05, 4.69) is 0 Å². The molecule has 2 aromatic carbocycles. The maximum atomic E-state index is 13.6. The summed E-state index contributed by atoms with van der Waals surface area (Å²) in [6.45, 7) is 0.560. The summed E-state index contributed by atoms with van der Waals surface area (Å²) in [5.41, 5.74) is 2.37. The Morgan fingerprint density at radius 2 is 1.85 bits per heavy atom. The molecule has 1 heterocycles. The molecule has 0 radical (unpaired) electrons. The molecular formula is C27H29NO11. The highest BCUT2D eigenvalue weighted by Crippen LogP contribution is 2.52. The number of aromatic hydroxyl groups is 2. The van der Waals surface area contributed by atoms with E-state index in [1.807, 2.05) is 0 Å². The number of carbonyl (C=O) groups excluding carboxylic acids is 3. The number of benzene rings is 2. The van der Waals surface area contributed by atoms with Crippen LogP contribution in [0.5, 0.6) is 17.2 Å². The number of carbonyl (C=O) groups is 3. The third-order valence-corrected chi connectivity index (χ3v) is 7.81. The fraction of sp³-hybridized carbons (Fsp3) is 0.444. The molecular weight excluding hydrogens is 514 g/mol. The highest BCUT2D eigenvalue weighted by Gasteiger charge is 2.50. The van der Waals surface area contributed by atoms with Crippen LogP contribution in [0.1, 0.15) is 68.8 Å². The van der Waals surface area contributed by atoms with Crippen LogP contribution in [0, 0.1) is 0 Å². The van der Waals surface area contributed by atoms with Gasteiger partial charge in [0.05, 0.1) is 42.1 Å². The van der Waals surface area contributed by atoms with Gasteiger partial charge >= 0.3 is 0 Å². The monoisotopic (exact) mass is 543 g/mol. The van der Waals surface area contributed by atoms with E-state index < -0.39 is 95.7 Å². The Kier molecular flexibility index (Phi) is 6.74. The van der Waals surface area contributed by atoms with Crippen LogP contribution in [0.3, 0.4) is 0 Å². The maximum absolute atomic E-state index is 13.6. The maximum Gasteiger partial charge on any atom is 0.202 e. The van der Waals surface area contributed by atoms with Crippen molar-refractivity contribution in [1.82, 2.24) is 0 Å². The molecule has 2 aromatic rings. The number of rotatable bonds is 5. The van der Waals surface area contributed by atoms with Crippen molar-refractivity contribution in [2.24, 2.45) is 5.73 Å². The summed E-state index contributed by atoms with van der Waals surface area (Å²) in [6, 6.07) is 3.64. The van der Waals surface area contributed by atoms with Gasteiger partial charge in [0.25, 0.3) is 0 Å². The van der Waals surface area contributed by atoms with Crippen molar-refractivity contribution in [3.8, 4) is 17.2 Å². The van der Waals surface area contributed by atoms with Crippen LogP contribution < -0.4 is 10.5 Å². The molecule has 0 spiro atoms. The zero-order valence-electron chi connectivity index (χ0n) is 21.2. The van der Waals surface area contributed by atoms with Gasteiger partial charge in [-0.3, -0.25) is 14.4 Å². The van der Waals surface area contributed by atoms with Gasteiger partial charge in [-0.1, -0.05) is 12.1 Å². The second kappa shape index (κ2) is 9.66.